The Morgan fingerprint density at radius 2 is 0.589 bits per heavy atom. The maximum absolute atomic E-state index is 6.58. The highest BCUT2D eigenvalue weighted by Crippen LogP contribution is 2.66. The molecule has 1 saturated heterocycles. The third kappa shape index (κ3) is 9.07. The summed E-state index contributed by atoms with van der Waals surface area (Å²) in [6.45, 7) is 8.49. The predicted octanol–water partition coefficient (Wildman–Crippen LogP) is 25.5. The van der Waals surface area contributed by atoms with Crippen molar-refractivity contribution in [1.29, 1.82) is 0 Å². The lowest BCUT2D eigenvalue weighted by Crippen LogP contribution is -2.41. The van der Waals surface area contributed by atoms with Crippen molar-refractivity contribution >= 4 is 132 Å². The molecule has 5 aliphatic rings. The fourth-order valence-electron chi connectivity index (χ4n) is 20.0. The molecule has 2 spiro atoms. The molecule has 4 aromatic heterocycles. The fourth-order valence-corrected chi connectivity index (χ4v) is 20.1. The molecule has 0 unspecified atom stereocenters. The summed E-state index contributed by atoms with van der Waals surface area (Å²) in [6.07, 6.45) is 3.63. The van der Waals surface area contributed by atoms with E-state index < -0.39 is 29.2 Å². The zero-order chi connectivity index (χ0) is 74.5. The molecule has 1 aliphatic heterocycles. The summed E-state index contributed by atoms with van der Waals surface area (Å²) in [7, 11) is -0.427. The second kappa shape index (κ2) is 24.0. The number of benzene rings is 16. The molecule has 25 rings (SSSR count). The molecule has 112 heavy (non-hydrogen) atoms. The van der Waals surface area contributed by atoms with Crippen LogP contribution in [-0.4, -0.2) is 38.3 Å². The van der Waals surface area contributed by atoms with E-state index in [0.717, 1.165) is 60.3 Å². The van der Waals surface area contributed by atoms with Gasteiger partial charge in [0.15, 0.2) is 0 Å². The third-order valence-electron chi connectivity index (χ3n) is 25.6. The van der Waals surface area contributed by atoms with Gasteiger partial charge in [-0.15, -0.1) is 0 Å². The van der Waals surface area contributed by atoms with Gasteiger partial charge < -0.3 is 9.31 Å². The minimum atomic E-state index is -0.436. The van der Waals surface area contributed by atoms with Crippen molar-refractivity contribution in [3.8, 4) is 55.8 Å². The predicted molar refractivity (Wildman–Crippen MR) is 464 cm³/mol. The Bertz CT molecular complexity index is 7430. The fraction of sp³-hybridized carbons (Fsp3) is 0.0769. The van der Waals surface area contributed by atoms with Crippen molar-refractivity contribution in [2.24, 2.45) is 0 Å². The number of hydrogen-bond donors (Lipinski definition) is 0. The molecule has 20 aromatic rings. The summed E-state index contributed by atoms with van der Waals surface area (Å²) in [6, 6.07) is 120. The van der Waals surface area contributed by atoms with E-state index in [2.05, 4.69) is 323 Å². The zero-order valence-electron chi connectivity index (χ0n) is 61.9. The molecule has 526 valence electrons. The Morgan fingerprint density at radius 1 is 0.259 bits per heavy atom. The van der Waals surface area contributed by atoms with Crippen LogP contribution < -0.4 is 5.46 Å². The van der Waals surface area contributed by atoms with Crippen LogP contribution in [-0.2, 0) is 20.1 Å². The Hall–Kier alpha value is -13.0. The molecule has 0 bridgehead atoms. The molecule has 0 radical (unpaired) electrons. The lowest BCUT2D eigenvalue weighted by Gasteiger charge is -2.32. The molecular weight excluding hydrogens is 1380 g/mol. The van der Waals surface area contributed by atoms with E-state index in [-0.39, 0.29) is 0 Å². The molecule has 0 saturated carbocycles. The van der Waals surface area contributed by atoms with Crippen LogP contribution >= 0.6 is 11.6 Å². The topological polar surface area (TPSA) is 70.0 Å². The van der Waals surface area contributed by atoms with Crippen LogP contribution in [0.15, 0.2) is 340 Å². The van der Waals surface area contributed by atoms with Crippen molar-refractivity contribution in [3.63, 3.8) is 0 Å². The van der Waals surface area contributed by atoms with Crippen LogP contribution in [0.5, 0.6) is 0 Å². The number of pyridine rings is 4. The zero-order valence-corrected chi connectivity index (χ0v) is 62.6. The summed E-state index contributed by atoms with van der Waals surface area (Å²) >= 11 is 5.88. The van der Waals surface area contributed by atoms with Gasteiger partial charge in [-0.25, -0.2) is 9.97 Å². The average molecular weight is 1450 g/mol. The Kier molecular flexibility index (Phi) is 13.9. The third-order valence-corrected chi connectivity index (χ3v) is 25.8. The molecule has 16 aromatic carbocycles. The highest BCUT2D eigenvalue weighted by Gasteiger charge is 2.56. The van der Waals surface area contributed by atoms with E-state index in [9.17, 15) is 0 Å². The molecule has 0 N–H and O–H groups in total. The molecule has 5 heterocycles. The minimum Gasteiger partial charge on any atom is -0.399 e. The van der Waals surface area contributed by atoms with Gasteiger partial charge in [0, 0.05) is 39.5 Å². The summed E-state index contributed by atoms with van der Waals surface area (Å²) in [4.78, 5) is 18.6. The van der Waals surface area contributed by atoms with Crippen LogP contribution in [0.2, 0.25) is 5.15 Å². The quantitative estimate of drug-likeness (QED) is 0.0976. The van der Waals surface area contributed by atoms with Gasteiger partial charge in [0.1, 0.15) is 5.15 Å². The van der Waals surface area contributed by atoms with E-state index >= 15 is 0 Å². The van der Waals surface area contributed by atoms with Gasteiger partial charge in [-0.3, -0.25) is 9.97 Å². The van der Waals surface area contributed by atoms with Crippen LogP contribution in [0, 0.1) is 0 Å². The van der Waals surface area contributed by atoms with Gasteiger partial charge >= 0.3 is 7.12 Å². The largest absolute Gasteiger partial charge is 0.494 e. The van der Waals surface area contributed by atoms with Crippen molar-refractivity contribution in [2.45, 2.75) is 49.7 Å². The molecule has 6 nitrogen and oxygen atoms in total. The number of aromatic nitrogens is 4. The van der Waals surface area contributed by atoms with Crippen LogP contribution in [0.25, 0.3) is 164 Å². The first-order chi connectivity index (χ1) is 54.9. The molecular formula is C104H68BClN4O2. The van der Waals surface area contributed by atoms with E-state index in [1.807, 2.05) is 42.6 Å². The summed E-state index contributed by atoms with van der Waals surface area (Å²) in [5.41, 5.74) is 26.2. The van der Waals surface area contributed by atoms with Gasteiger partial charge in [-0.1, -0.05) is 279 Å². The smallest absolute Gasteiger partial charge is 0.399 e. The molecule has 0 atom stereocenters. The van der Waals surface area contributed by atoms with Crippen LogP contribution in [0.1, 0.15) is 72.2 Å². The second-order valence-corrected chi connectivity index (χ2v) is 32.0. The standard InChI is InChI=1S/C49H28N2.C43H33BO2.C12H7ClN2/c1-3-13-34-32(11-1)33-12-2-4-14-35(33)39-28-45-41(27-38(34)39)40-26-31(46-24-22-30-20-19-29-10-9-25-50-47(29)48(30)51-46)21-23-44(40)49(45)42-17-7-5-15-36(42)37-16-6-8-18-43(37)49;1-41(2)42(3,4)46-44(45-41)26-21-22-39-35(23-26)36-24-33-29-15-7-5-13-27(29)28-14-6-8-16-30(28)34(33)25-40(36)43(39)37-19-11-9-17-31(37)32-18-10-12-20-38(32)43;13-10-6-5-9-4-3-8-2-1-7-14-11(8)12(9)15-10/h1-28H;5-25H,1-4H3;1-7H. The molecule has 4 aliphatic carbocycles. The monoisotopic (exact) mass is 1450 g/mol. The van der Waals surface area contributed by atoms with Gasteiger partial charge in [-0.2, -0.15) is 0 Å². The number of rotatable bonds is 2. The maximum Gasteiger partial charge on any atom is 0.494 e. The van der Waals surface area contributed by atoms with Crippen LogP contribution in [0.4, 0.5) is 0 Å². The first-order valence-electron chi connectivity index (χ1n) is 38.7. The molecule has 0 amide bonds. The second-order valence-electron chi connectivity index (χ2n) is 31.7. The first kappa shape index (κ1) is 64.9. The molecule has 1 fully saturated rings. The first-order valence-corrected chi connectivity index (χ1v) is 39.1. The van der Waals surface area contributed by atoms with Crippen LogP contribution in [0.3, 0.4) is 0 Å². The Labute approximate surface area is 652 Å². The summed E-state index contributed by atoms with van der Waals surface area (Å²) in [5.74, 6) is 0. The highest BCUT2D eigenvalue weighted by atomic mass is 35.5. The van der Waals surface area contributed by atoms with Crippen molar-refractivity contribution in [3.05, 3.63) is 390 Å². The number of fused-ring (bicyclic) bond motifs is 38. The van der Waals surface area contributed by atoms with Gasteiger partial charge in [-0.05, 0) is 247 Å². The Balaban J connectivity index is 0.000000113. The number of nitrogens with zero attached hydrogens (tertiary/aromatic N) is 4. The maximum atomic E-state index is 6.58. The van der Waals surface area contributed by atoms with Gasteiger partial charge in [0.2, 0.25) is 0 Å². The van der Waals surface area contributed by atoms with E-state index in [1.165, 1.54) is 154 Å². The van der Waals surface area contributed by atoms with Crippen molar-refractivity contribution < 1.29 is 9.31 Å². The van der Waals surface area contributed by atoms with E-state index in [4.69, 9.17) is 30.9 Å². The van der Waals surface area contributed by atoms with Crippen molar-refractivity contribution in [1.82, 2.24) is 19.9 Å². The lowest BCUT2D eigenvalue weighted by molar-refractivity contribution is 0.00578. The Morgan fingerprint density at radius 3 is 1.03 bits per heavy atom. The molecule has 8 heteroatoms. The lowest BCUT2D eigenvalue weighted by atomic mass is 9.69. The highest BCUT2D eigenvalue weighted by molar-refractivity contribution is 6.62. The summed E-state index contributed by atoms with van der Waals surface area (Å²) < 4.78 is 13.2. The minimum absolute atomic E-state index is 0.407. The number of halogens is 1. The SMILES string of the molecule is CC1(C)OB(c2ccc3c(c2)-c2cc4c5ccccc5c5ccccc5c4cc2C32c3ccccc3-c3ccccc32)OC1(C)C.Clc1ccc2ccc3cccnc3c2n1.c1ccc2c(c1)-c1ccccc1C21c2ccc(-c3ccc4ccc5cccnc5c4n3)cc2-c2cc3c4ccccc4c4ccccc4c3cc21. The summed E-state index contributed by atoms with van der Waals surface area (Å²) in [5, 5.41) is 20.4. The van der Waals surface area contributed by atoms with Gasteiger partial charge in [0.25, 0.3) is 0 Å². The number of hydrogen-bond acceptors (Lipinski definition) is 6. The van der Waals surface area contributed by atoms with E-state index in [1.54, 1.807) is 12.3 Å². The van der Waals surface area contributed by atoms with E-state index in [0.29, 0.717) is 5.15 Å². The normalized spacial score (nSPS) is 15.0. The average Bonchev–Trinajstić information content (AvgIpc) is 1.50. The van der Waals surface area contributed by atoms with Gasteiger partial charge in [0.05, 0.1) is 49.8 Å². The van der Waals surface area contributed by atoms with Crippen molar-refractivity contribution in [2.75, 3.05) is 0 Å².